The lowest BCUT2D eigenvalue weighted by Crippen LogP contribution is -2.06. The summed E-state index contributed by atoms with van der Waals surface area (Å²) in [4.78, 5) is 0. The van der Waals surface area contributed by atoms with E-state index >= 15 is 0 Å². The first-order chi connectivity index (χ1) is 6.45. The van der Waals surface area contributed by atoms with Crippen LogP contribution in [0.2, 0.25) is 5.02 Å². The fourth-order valence-electron chi connectivity index (χ4n) is 1.05. The zero-order valence-electron chi connectivity index (χ0n) is 7.04. The van der Waals surface area contributed by atoms with Crippen LogP contribution in [-0.4, -0.2) is 5.33 Å². The molecule has 0 aliphatic heterocycles. The van der Waals surface area contributed by atoms with Crippen molar-refractivity contribution in [3.05, 3.63) is 34.3 Å². The van der Waals surface area contributed by atoms with Crippen molar-refractivity contribution in [2.45, 2.75) is 12.6 Å². The van der Waals surface area contributed by atoms with Gasteiger partial charge < -0.3 is 0 Å². The molecule has 1 aromatic carbocycles. The molecule has 0 aliphatic rings. The van der Waals surface area contributed by atoms with Gasteiger partial charge in [0, 0.05) is 5.33 Å². The minimum absolute atomic E-state index is 0.254. The Morgan fingerprint density at radius 2 is 1.93 bits per heavy atom. The fourth-order valence-corrected chi connectivity index (χ4v) is 1.74. The molecule has 0 fully saturated rings. The normalized spacial score (nSPS) is 11.8. The summed E-state index contributed by atoms with van der Waals surface area (Å²) in [7, 11) is 0. The van der Waals surface area contributed by atoms with E-state index in [1.807, 2.05) is 0 Å². The molecular weight excluding hydrogens is 280 g/mol. The molecule has 0 nitrogen and oxygen atoms in total. The Bertz CT molecular complexity index is 322. The molecule has 0 aliphatic carbocycles. The van der Waals surface area contributed by atoms with Gasteiger partial charge in [-0.05, 0) is 24.1 Å². The highest BCUT2D eigenvalue weighted by atomic mass is 79.9. The van der Waals surface area contributed by atoms with Crippen LogP contribution in [0.4, 0.5) is 13.2 Å². The molecule has 0 radical (unpaired) electrons. The first-order valence-corrected chi connectivity index (χ1v) is 5.36. The summed E-state index contributed by atoms with van der Waals surface area (Å²) in [5, 5.41) is 0.377. The molecule has 0 N–H and O–H groups in total. The fraction of sp³-hybridized carbons (Fsp3) is 0.333. The third-order valence-corrected chi connectivity index (χ3v) is 2.45. The zero-order valence-corrected chi connectivity index (χ0v) is 9.38. The van der Waals surface area contributed by atoms with Crippen LogP contribution in [0, 0.1) is 0 Å². The Kier molecular flexibility index (Phi) is 3.84. The maximum atomic E-state index is 12.4. The van der Waals surface area contributed by atoms with Gasteiger partial charge in [-0.25, -0.2) is 0 Å². The highest BCUT2D eigenvalue weighted by Crippen LogP contribution is 2.35. The van der Waals surface area contributed by atoms with Crippen LogP contribution in [0.15, 0.2) is 18.2 Å². The van der Waals surface area contributed by atoms with E-state index in [1.165, 1.54) is 6.07 Å². The van der Waals surface area contributed by atoms with Gasteiger partial charge in [0.25, 0.3) is 0 Å². The van der Waals surface area contributed by atoms with Crippen LogP contribution >= 0.6 is 27.5 Å². The van der Waals surface area contributed by atoms with Gasteiger partial charge in [-0.1, -0.05) is 33.6 Å². The number of aryl methyl sites for hydroxylation is 1. The van der Waals surface area contributed by atoms with Crippen molar-refractivity contribution in [3.8, 4) is 0 Å². The number of benzene rings is 1. The minimum Gasteiger partial charge on any atom is -0.166 e. The van der Waals surface area contributed by atoms with E-state index in [2.05, 4.69) is 15.9 Å². The second kappa shape index (κ2) is 4.53. The van der Waals surface area contributed by atoms with Crippen molar-refractivity contribution in [2.75, 3.05) is 5.33 Å². The van der Waals surface area contributed by atoms with E-state index in [0.717, 1.165) is 6.07 Å². The summed E-state index contributed by atoms with van der Waals surface area (Å²) in [5.74, 6) is 0. The summed E-state index contributed by atoms with van der Waals surface area (Å²) in [5.41, 5.74) is -0.142. The number of hydrogen-bond donors (Lipinski definition) is 0. The van der Waals surface area contributed by atoms with Crippen molar-refractivity contribution in [2.24, 2.45) is 0 Å². The SMILES string of the molecule is FC(F)(F)c1cc(CCBr)ccc1Cl. The summed E-state index contributed by atoms with van der Waals surface area (Å²) >= 11 is 8.61. The number of alkyl halides is 4. The summed E-state index contributed by atoms with van der Waals surface area (Å²) < 4.78 is 37.1. The summed E-state index contributed by atoms with van der Waals surface area (Å²) in [6.45, 7) is 0. The third-order valence-electron chi connectivity index (χ3n) is 1.72. The van der Waals surface area contributed by atoms with Gasteiger partial charge in [-0.15, -0.1) is 0 Å². The molecule has 1 aromatic rings. The Morgan fingerprint density at radius 1 is 1.29 bits per heavy atom. The molecular formula is C9H7BrClF3. The predicted octanol–water partition coefficient (Wildman–Crippen LogP) is 4.30. The van der Waals surface area contributed by atoms with Crippen LogP contribution in [0.5, 0.6) is 0 Å². The lowest BCUT2D eigenvalue weighted by Gasteiger charge is -2.10. The molecule has 0 atom stereocenters. The van der Waals surface area contributed by atoms with Gasteiger partial charge in [-0.3, -0.25) is 0 Å². The van der Waals surface area contributed by atoms with Crippen molar-refractivity contribution in [1.29, 1.82) is 0 Å². The van der Waals surface area contributed by atoms with Gasteiger partial charge in [0.1, 0.15) is 0 Å². The lowest BCUT2D eigenvalue weighted by atomic mass is 10.1. The van der Waals surface area contributed by atoms with E-state index in [4.69, 9.17) is 11.6 Å². The zero-order chi connectivity index (χ0) is 10.8. The molecule has 0 aromatic heterocycles. The quantitative estimate of drug-likeness (QED) is 0.712. The molecule has 0 heterocycles. The average molecular weight is 288 g/mol. The molecule has 1 rings (SSSR count). The first-order valence-electron chi connectivity index (χ1n) is 3.86. The largest absolute Gasteiger partial charge is 0.417 e. The molecule has 5 heteroatoms. The maximum Gasteiger partial charge on any atom is 0.417 e. The predicted molar refractivity (Wildman–Crippen MR) is 54.0 cm³/mol. The van der Waals surface area contributed by atoms with E-state index in [-0.39, 0.29) is 5.02 Å². The molecule has 78 valence electrons. The van der Waals surface area contributed by atoms with Crippen molar-refractivity contribution in [1.82, 2.24) is 0 Å². The first kappa shape index (κ1) is 11.9. The highest BCUT2D eigenvalue weighted by molar-refractivity contribution is 9.09. The molecule has 0 amide bonds. The number of halogens is 5. The summed E-state index contributed by atoms with van der Waals surface area (Å²) in [6.07, 6.45) is -3.82. The van der Waals surface area contributed by atoms with Gasteiger partial charge in [-0.2, -0.15) is 13.2 Å². The second-order valence-corrected chi connectivity index (χ2v) is 3.95. The van der Waals surface area contributed by atoms with Gasteiger partial charge in [0.2, 0.25) is 0 Å². The summed E-state index contributed by atoms with van der Waals surface area (Å²) in [6, 6.07) is 3.96. The second-order valence-electron chi connectivity index (χ2n) is 2.75. The highest BCUT2D eigenvalue weighted by Gasteiger charge is 2.33. The smallest absolute Gasteiger partial charge is 0.166 e. The lowest BCUT2D eigenvalue weighted by molar-refractivity contribution is -0.137. The van der Waals surface area contributed by atoms with Crippen LogP contribution < -0.4 is 0 Å². The van der Waals surface area contributed by atoms with Gasteiger partial charge >= 0.3 is 6.18 Å². The van der Waals surface area contributed by atoms with Gasteiger partial charge in [0.05, 0.1) is 10.6 Å². The number of rotatable bonds is 2. The van der Waals surface area contributed by atoms with Crippen LogP contribution in [0.25, 0.3) is 0 Å². The topological polar surface area (TPSA) is 0 Å². The van der Waals surface area contributed by atoms with Crippen molar-refractivity contribution < 1.29 is 13.2 Å². The van der Waals surface area contributed by atoms with E-state index < -0.39 is 11.7 Å². The Hall–Kier alpha value is -0.220. The molecule has 0 bridgehead atoms. The average Bonchev–Trinajstić information content (AvgIpc) is 2.07. The standard InChI is InChI=1S/C9H7BrClF3/c10-4-3-6-1-2-8(11)7(5-6)9(12,13)14/h1-2,5H,3-4H2. The van der Waals surface area contributed by atoms with Crippen molar-refractivity contribution in [3.63, 3.8) is 0 Å². The molecule has 0 saturated carbocycles. The molecule has 0 saturated heterocycles. The van der Waals surface area contributed by atoms with Crippen LogP contribution in [0.3, 0.4) is 0 Å². The maximum absolute atomic E-state index is 12.4. The van der Waals surface area contributed by atoms with Crippen LogP contribution in [0.1, 0.15) is 11.1 Å². The van der Waals surface area contributed by atoms with E-state index in [0.29, 0.717) is 17.3 Å². The molecule has 14 heavy (non-hydrogen) atoms. The van der Waals surface area contributed by atoms with Gasteiger partial charge in [0.15, 0.2) is 0 Å². The van der Waals surface area contributed by atoms with Crippen molar-refractivity contribution >= 4 is 27.5 Å². The number of hydrogen-bond acceptors (Lipinski definition) is 0. The monoisotopic (exact) mass is 286 g/mol. The Labute approximate surface area is 93.2 Å². The molecule has 0 spiro atoms. The van der Waals surface area contributed by atoms with E-state index in [9.17, 15) is 13.2 Å². The Morgan fingerprint density at radius 3 is 2.43 bits per heavy atom. The molecule has 0 unspecified atom stereocenters. The third kappa shape index (κ3) is 2.89. The Balaban J connectivity index is 3.09. The van der Waals surface area contributed by atoms with E-state index in [1.54, 1.807) is 6.07 Å². The minimum atomic E-state index is -4.38. The van der Waals surface area contributed by atoms with Crippen LogP contribution in [-0.2, 0) is 12.6 Å².